The van der Waals surface area contributed by atoms with Gasteiger partial charge in [0, 0.05) is 0 Å². The standard InChI is InChI=1S/C11H19F/c1-8-6-9-4-3-5-10(7-9)11(8,2)12/h8-10H,3-7H2,1-2H3. The summed E-state index contributed by atoms with van der Waals surface area (Å²) in [7, 11) is 0. The topological polar surface area (TPSA) is 0 Å². The van der Waals surface area contributed by atoms with Crippen LogP contribution in [0.3, 0.4) is 0 Å². The van der Waals surface area contributed by atoms with Gasteiger partial charge in [-0.3, -0.25) is 0 Å². The van der Waals surface area contributed by atoms with E-state index in [0.717, 1.165) is 25.2 Å². The summed E-state index contributed by atoms with van der Waals surface area (Å²) >= 11 is 0. The lowest BCUT2D eigenvalue weighted by Gasteiger charge is -2.46. The highest BCUT2D eigenvalue weighted by molar-refractivity contribution is 4.96. The molecule has 0 spiro atoms. The lowest BCUT2D eigenvalue weighted by Crippen LogP contribution is -2.44. The Labute approximate surface area is 74.5 Å². The van der Waals surface area contributed by atoms with Crippen LogP contribution < -0.4 is 0 Å². The van der Waals surface area contributed by atoms with Crippen molar-refractivity contribution in [2.45, 2.75) is 51.6 Å². The van der Waals surface area contributed by atoms with E-state index >= 15 is 0 Å². The smallest absolute Gasteiger partial charge is 0.113 e. The van der Waals surface area contributed by atoms with Gasteiger partial charge < -0.3 is 0 Å². The third-order valence-corrected chi connectivity index (χ3v) is 4.23. The lowest BCUT2D eigenvalue weighted by molar-refractivity contribution is -0.0401. The molecule has 2 saturated carbocycles. The Morgan fingerprint density at radius 1 is 1.25 bits per heavy atom. The molecule has 0 aliphatic heterocycles. The third kappa shape index (κ3) is 1.18. The highest BCUT2D eigenvalue weighted by Gasteiger charge is 2.46. The molecule has 2 aliphatic carbocycles. The van der Waals surface area contributed by atoms with Gasteiger partial charge in [-0.25, -0.2) is 4.39 Å². The first-order chi connectivity index (χ1) is 5.60. The summed E-state index contributed by atoms with van der Waals surface area (Å²) in [5.41, 5.74) is -0.864. The molecule has 2 fully saturated rings. The van der Waals surface area contributed by atoms with Crippen molar-refractivity contribution in [3.8, 4) is 0 Å². The Bertz CT molecular complexity index is 172. The average Bonchev–Trinajstić information content (AvgIpc) is 2.03. The molecule has 0 nitrogen and oxygen atoms in total. The van der Waals surface area contributed by atoms with E-state index in [0.29, 0.717) is 11.8 Å². The first-order valence-electron chi connectivity index (χ1n) is 5.29. The summed E-state index contributed by atoms with van der Waals surface area (Å²) in [6, 6.07) is 0. The normalized spacial score (nSPS) is 53.8. The van der Waals surface area contributed by atoms with Crippen LogP contribution in [0.25, 0.3) is 0 Å². The van der Waals surface area contributed by atoms with E-state index < -0.39 is 5.67 Å². The Balaban J connectivity index is 2.16. The van der Waals surface area contributed by atoms with Gasteiger partial charge in [-0.1, -0.05) is 19.8 Å². The molecule has 0 amide bonds. The molecule has 0 N–H and O–H groups in total. The molecule has 2 aliphatic rings. The van der Waals surface area contributed by atoms with E-state index in [1.54, 1.807) is 0 Å². The Morgan fingerprint density at radius 2 is 2.00 bits per heavy atom. The van der Waals surface area contributed by atoms with Crippen LogP contribution in [0.15, 0.2) is 0 Å². The highest BCUT2D eigenvalue weighted by Crippen LogP contribution is 2.49. The fraction of sp³-hybridized carbons (Fsp3) is 1.00. The Kier molecular flexibility index (Phi) is 1.93. The zero-order valence-corrected chi connectivity index (χ0v) is 8.15. The van der Waals surface area contributed by atoms with Crippen molar-refractivity contribution in [3.05, 3.63) is 0 Å². The van der Waals surface area contributed by atoms with E-state index in [9.17, 15) is 4.39 Å². The fourth-order valence-corrected chi connectivity index (χ4v) is 3.15. The highest BCUT2D eigenvalue weighted by atomic mass is 19.1. The number of fused-ring (bicyclic) bond motifs is 2. The minimum Gasteiger partial charge on any atom is -0.244 e. The van der Waals surface area contributed by atoms with E-state index in [1.165, 1.54) is 12.8 Å². The zero-order valence-electron chi connectivity index (χ0n) is 8.15. The zero-order chi connectivity index (χ0) is 8.77. The second-order valence-corrected chi connectivity index (χ2v) is 5.02. The van der Waals surface area contributed by atoms with Gasteiger partial charge in [0.1, 0.15) is 5.67 Å². The van der Waals surface area contributed by atoms with Crippen LogP contribution >= 0.6 is 0 Å². The average molecular weight is 170 g/mol. The molecule has 0 aromatic carbocycles. The number of alkyl halides is 1. The molecule has 0 saturated heterocycles. The predicted octanol–water partition coefficient (Wildman–Crippen LogP) is 3.56. The number of hydrogen-bond acceptors (Lipinski definition) is 0. The second kappa shape index (κ2) is 2.71. The molecule has 4 unspecified atom stereocenters. The number of halogens is 1. The van der Waals surface area contributed by atoms with E-state index in [2.05, 4.69) is 6.92 Å². The van der Waals surface area contributed by atoms with Gasteiger partial charge in [0.05, 0.1) is 0 Å². The summed E-state index contributed by atoms with van der Waals surface area (Å²) in [6.45, 7) is 3.91. The first-order valence-corrected chi connectivity index (χ1v) is 5.29. The van der Waals surface area contributed by atoms with E-state index in [4.69, 9.17) is 0 Å². The maximum absolute atomic E-state index is 14.1. The van der Waals surface area contributed by atoms with Crippen LogP contribution in [0.1, 0.15) is 46.0 Å². The van der Waals surface area contributed by atoms with Gasteiger partial charge in [-0.2, -0.15) is 0 Å². The van der Waals surface area contributed by atoms with Crippen LogP contribution in [0.5, 0.6) is 0 Å². The number of rotatable bonds is 0. The summed E-state index contributed by atoms with van der Waals surface area (Å²) < 4.78 is 14.1. The van der Waals surface area contributed by atoms with Crippen LogP contribution in [-0.2, 0) is 0 Å². The maximum Gasteiger partial charge on any atom is 0.113 e. The van der Waals surface area contributed by atoms with Gasteiger partial charge in [0.15, 0.2) is 0 Å². The SMILES string of the molecule is CC1CC2CCCC(C2)C1(C)F. The van der Waals surface area contributed by atoms with Crippen molar-refractivity contribution in [1.82, 2.24) is 0 Å². The summed E-state index contributed by atoms with van der Waals surface area (Å²) in [5, 5.41) is 0. The minimum absolute atomic E-state index is 0.293. The molecule has 2 rings (SSSR count). The van der Waals surface area contributed by atoms with Crippen molar-refractivity contribution in [3.63, 3.8) is 0 Å². The van der Waals surface area contributed by atoms with Crippen molar-refractivity contribution in [2.24, 2.45) is 17.8 Å². The molecule has 1 heteroatoms. The van der Waals surface area contributed by atoms with Gasteiger partial charge in [-0.15, -0.1) is 0 Å². The molecule has 0 aromatic rings. The Morgan fingerprint density at radius 3 is 2.75 bits per heavy atom. The molecular formula is C11H19F. The van der Waals surface area contributed by atoms with Gasteiger partial charge in [0.2, 0.25) is 0 Å². The summed E-state index contributed by atoms with van der Waals surface area (Å²) in [5.74, 6) is 1.52. The van der Waals surface area contributed by atoms with Gasteiger partial charge in [0.25, 0.3) is 0 Å². The lowest BCUT2D eigenvalue weighted by atomic mass is 9.62. The van der Waals surface area contributed by atoms with E-state index in [1.807, 2.05) is 6.92 Å². The molecule has 0 radical (unpaired) electrons. The fourth-order valence-electron chi connectivity index (χ4n) is 3.15. The van der Waals surface area contributed by atoms with Crippen molar-refractivity contribution >= 4 is 0 Å². The van der Waals surface area contributed by atoms with E-state index in [-0.39, 0.29) is 0 Å². The molecule has 70 valence electrons. The Hall–Kier alpha value is -0.0700. The quantitative estimate of drug-likeness (QED) is 0.521. The molecule has 0 aromatic heterocycles. The van der Waals surface area contributed by atoms with Gasteiger partial charge >= 0.3 is 0 Å². The molecular weight excluding hydrogens is 151 g/mol. The van der Waals surface area contributed by atoms with Gasteiger partial charge in [-0.05, 0) is 43.9 Å². The number of hydrogen-bond donors (Lipinski definition) is 0. The monoisotopic (exact) mass is 170 g/mol. The summed E-state index contributed by atoms with van der Waals surface area (Å²) in [4.78, 5) is 0. The largest absolute Gasteiger partial charge is 0.244 e. The van der Waals surface area contributed by atoms with Crippen molar-refractivity contribution in [2.75, 3.05) is 0 Å². The summed E-state index contributed by atoms with van der Waals surface area (Å²) in [6.07, 6.45) is 6.05. The third-order valence-electron chi connectivity index (χ3n) is 4.23. The molecule has 12 heavy (non-hydrogen) atoms. The predicted molar refractivity (Wildman–Crippen MR) is 48.7 cm³/mol. The molecule has 2 bridgehead atoms. The second-order valence-electron chi connectivity index (χ2n) is 5.02. The van der Waals surface area contributed by atoms with Crippen molar-refractivity contribution < 1.29 is 4.39 Å². The minimum atomic E-state index is -0.864. The van der Waals surface area contributed by atoms with Crippen LogP contribution in [0.2, 0.25) is 0 Å². The van der Waals surface area contributed by atoms with Crippen molar-refractivity contribution in [1.29, 1.82) is 0 Å². The maximum atomic E-state index is 14.1. The molecule has 4 atom stereocenters. The first kappa shape index (κ1) is 8.52. The molecule has 0 heterocycles. The van der Waals surface area contributed by atoms with Crippen LogP contribution in [0.4, 0.5) is 4.39 Å². The van der Waals surface area contributed by atoms with Crippen LogP contribution in [-0.4, -0.2) is 5.67 Å². The van der Waals surface area contributed by atoms with Crippen LogP contribution in [0, 0.1) is 17.8 Å².